The van der Waals surface area contributed by atoms with E-state index in [2.05, 4.69) is 9.80 Å². The fraction of sp³-hybridized carbons (Fsp3) is 0.500. The summed E-state index contributed by atoms with van der Waals surface area (Å²) in [5.74, 6) is 0.230. The van der Waals surface area contributed by atoms with Gasteiger partial charge in [-0.2, -0.15) is 0 Å². The summed E-state index contributed by atoms with van der Waals surface area (Å²) < 4.78 is 11.1. The Morgan fingerprint density at radius 1 is 0.943 bits per heavy atom. The largest absolute Gasteiger partial charge is 0.465 e. The first kappa shape index (κ1) is 25.7. The summed E-state index contributed by atoms with van der Waals surface area (Å²) in [6, 6.07) is 15.1. The highest BCUT2D eigenvalue weighted by atomic mass is 35.5. The standard InChI is InChI=1S/C28H35ClN2O4/c1-34-28(33)24-9-7-21(8-10-24)20-35-26(22-11-13-25(29)14-12-22)19-30-15-17-31(18-16-30)27(32)23-5-3-2-4-6-23/h7-14,23,26H,2-6,15-20H2,1H3. The number of nitrogens with zero attached hydrogens (tertiary/aromatic N) is 2. The number of rotatable bonds is 8. The lowest BCUT2D eigenvalue weighted by molar-refractivity contribution is -0.138. The zero-order valence-electron chi connectivity index (χ0n) is 20.5. The van der Waals surface area contributed by atoms with Crippen LogP contribution in [0.1, 0.15) is 59.7 Å². The Bertz CT molecular complexity index is 965. The first-order chi connectivity index (χ1) is 17.0. The zero-order chi connectivity index (χ0) is 24.6. The molecule has 1 aliphatic carbocycles. The minimum Gasteiger partial charge on any atom is -0.465 e. The second kappa shape index (κ2) is 12.5. The van der Waals surface area contributed by atoms with Crippen LogP contribution in [-0.4, -0.2) is 61.5 Å². The number of carbonyl (C=O) groups excluding carboxylic acids is 2. The number of piperazine rings is 1. The minimum atomic E-state index is -0.349. The van der Waals surface area contributed by atoms with E-state index in [0.29, 0.717) is 23.1 Å². The maximum absolute atomic E-state index is 12.9. The summed E-state index contributed by atoms with van der Waals surface area (Å²) in [5.41, 5.74) is 2.58. The minimum absolute atomic E-state index is 0.131. The van der Waals surface area contributed by atoms with Crippen molar-refractivity contribution in [3.8, 4) is 0 Å². The third-order valence-electron chi connectivity index (χ3n) is 7.13. The van der Waals surface area contributed by atoms with E-state index in [1.165, 1.54) is 26.4 Å². The summed E-state index contributed by atoms with van der Waals surface area (Å²) >= 11 is 6.12. The molecule has 2 fully saturated rings. The van der Waals surface area contributed by atoms with Gasteiger partial charge in [0.25, 0.3) is 0 Å². The van der Waals surface area contributed by atoms with E-state index >= 15 is 0 Å². The Labute approximate surface area is 213 Å². The number of hydrogen-bond donors (Lipinski definition) is 0. The molecule has 1 saturated carbocycles. The normalized spacial score (nSPS) is 18.3. The average Bonchev–Trinajstić information content (AvgIpc) is 2.92. The number of methoxy groups -OCH3 is 1. The summed E-state index contributed by atoms with van der Waals surface area (Å²) in [5, 5.41) is 0.695. The smallest absolute Gasteiger partial charge is 0.337 e. The van der Waals surface area contributed by atoms with Gasteiger partial charge in [-0.25, -0.2) is 4.79 Å². The molecule has 2 aromatic carbocycles. The zero-order valence-corrected chi connectivity index (χ0v) is 21.2. The predicted octanol–water partition coefficient (Wildman–Crippen LogP) is 5.11. The van der Waals surface area contributed by atoms with Crippen molar-refractivity contribution in [1.29, 1.82) is 0 Å². The number of benzene rings is 2. The van der Waals surface area contributed by atoms with Crippen LogP contribution >= 0.6 is 11.6 Å². The van der Waals surface area contributed by atoms with Gasteiger partial charge in [-0.05, 0) is 48.2 Å². The van der Waals surface area contributed by atoms with Crippen molar-refractivity contribution >= 4 is 23.5 Å². The van der Waals surface area contributed by atoms with Gasteiger partial charge in [-0.15, -0.1) is 0 Å². The highest BCUT2D eigenvalue weighted by molar-refractivity contribution is 6.30. The molecule has 0 radical (unpaired) electrons. The van der Waals surface area contributed by atoms with E-state index in [-0.39, 0.29) is 18.0 Å². The monoisotopic (exact) mass is 498 g/mol. The van der Waals surface area contributed by atoms with Crippen LogP contribution in [0.25, 0.3) is 0 Å². The first-order valence-corrected chi connectivity index (χ1v) is 13.0. The molecule has 4 rings (SSSR count). The third kappa shape index (κ3) is 7.06. The molecule has 1 atom stereocenters. The molecule has 1 unspecified atom stereocenters. The van der Waals surface area contributed by atoms with Gasteiger partial charge < -0.3 is 14.4 Å². The van der Waals surface area contributed by atoms with Crippen molar-refractivity contribution in [2.45, 2.75) is 44.8 Å². The van der Waals surface area contributed by atoms with E-state index in [1.54, 1.807) is 12.1 Å². The maximum Gasteiger partial charge on any atom is 0.337 e. The van der Waals surface area contributed by atoms with Crippen LogP contribution in [0.15, 0.2) is 48.5 Å². The fourth-order valence-corrected chi connectivity index (χ4v) is 5.10. The van der Waals surface area contributed by atoms with Crippen molar-refractivity contribution in [2.24, 2.45) is 5.92 Å². The van der Waals surface area contributed by atoms with Crippen molar-refractivity contribution in [3.05, 3.63) is 70.2 Å². The first-order valence-electron chi connectivity index (χ1n) is 12.6. The van der Waals surface area contributed by atoms with Crippen LogP contribution in [0.4, 0.5) is 0 Å². The highest BCUT2D eigenvalue weighted by Crippen LogP contribution is 2.27. The van der Waals surface area contributed by atoms with Crippen LogP contribution in [0.5, 0.6) is 0 Å². The van der Waals surface area contributed by atoms with Crippen LogP contribution < -0.4 is 0 Å². The number of esters is 1. The number of amides is 1. The second-order valence-corrected chi connectivity index (χ2v) is 9.94. The van der Waals surface area contributed by atoms with Crippen molar-refractivity contribution in [3.63, 3.8) is 0 Å². The molecule has 188 valence electrons. The molecule has 0 bridgehead atoms. The molecule has 6 nitrogen and oxygen atoms in total. The number of hydrogen-bond acceptors (Lipinski definition) is 5. The topological polar surface area (TPSA) is 59.1 Å². The molecular formula is C28H35ClN2O4. The molecule has 1 amide bonds. The summed E-state index contributed by atoms with van der Waals surface area (Å²) in [4.78, 5) is 29.0. The lowest BCUT2D eigenvalue weighted by Crippen LogP contribution is -2.51. The van der Waals surface area contributed by atoms with Crippen LogP contribution in [0.2, 0.25) is 5.02 Å². The van der Waals surface area contributed by atoms with Crippen LogP contribution in [0.3, 0.4) is 0 Å². The SMILES string of the molecule is COC(=O)c1ccc(COC(CN2CCN(C(=O)C3CCCCC3)CC2)c2ccc(Cl)cc2)cc1. The number of ether oxygens (including phenoxy) is 2. The van der Waals surface area contributed by atoms with Gasteiger partial charge in [0, 0.05) is 43.7 Å². The maximum atomic E-state index is 12.9. The molecule has 0 N–H and O–H groups in total. The summed E-state index contributed by atoms with van der Waals surface area (Å²) in [7, 11) is 1.38. The number of carbonyl (C=O) groups is 2. The van der Waals surface area contributed by atoms with Crippen molar-refractivity contribution < 1.29 is 19.1 Å². The van der Waals surface area contributed by atoms with Gasteiger partial charge in [0.1, 0.15) is 0 Å². The van der Waals surface area contributed by atoms with Gasteiger partial charge in [-0.3, -0.25) is 9.69 Å². The second-order valence-electron chi connectivity index (χ2n) is 9.50. The quantitative estimate of drug-likeness (QED) is 0.473. The van der Waals surface area contributed by atoms with Gasteiger partial charge in [0.05, 0.1) is 25.4 Å². The summed E-state index contributed by atoms with van der Waals surface area (Å²) in [6.45, 7) is 4.41. The Morgan fingerprint density at radius 3 is 2.23 bits per heavy atom. The van der Waals surface area contributed by atoms with Gasteiger partial charge in [0.2, 0.25) is 5.91 Å². The molecule has 2 aromatic rings. The van der Waals surface area contributed by atoms with Crippen LogP contribution in [0, 0.1) is 5.92 Å². The molecule has 1 aliphatic heterocycles. The third-order valence-corrected chi connectivity index (χ3v) is 7.38. The molecule has 2 aliphatic rings. The average molecular weight is 499 g/mol. The molecular weight excluding hydrogens is 464 g/mol. The molecule has 0 aromatic heterocycles. The van der Waals surface area contributed by atoms with Gasteiger partial charge in [-0.1, -0.05) is 55.1 Å². The molecule has 1 saturated heterocycles. The van der Waals surface area contributed by atoms with E-state index in [4.69, 9.17) is 21.1 Å². The predicted molar refractivity (Wildman–Crippen MR) is 136 cm³/mol. The lowest BCUT2D eigenvalue weighted by atomic mass is 9.88. The molecule has 35 heavy (non-hydrogen) atoms. The highest BCUT2D eigenvalue weighted by Gasteiger charge is 2.29. The Hall–Kier alpha value is -2.41. The Kier molecular flexibility index (Phi) is 9.18. The van der Waals surface area contributed by atoms with Crippen LogP contribution in [-0.2, 0) is 20.9 Å². The molecule has 7 heteroatoms. The molecule has 0 spiro atoms. The van der Waals surface area contributed by atoms with Gasteiger partial charge in [0.15, 0.2) is 0 Å². The van der Waals surface area contributed by atoms with E-state index < -0.39 is 0 Å². The summed E-state index contributed by atoms with van der Waals surface area (Å²) in [6.07, 6.45) is 5.59. The van der Waals surface area contributed by atoms with E-state index in [0.717, 1.165) is 56.7 Å². The fourth-order valence-electron chi connectivity index (χ4n) is 4.98. The Morgan fingerprint density at radius 2 is 1.60 bits per heavy atom. The van der Waals surface area contributed by atoms with Crippen molar-refractivity contribution in [1.82, 2.24) is 9.80 Å². The number of halogens is 1. The van der Waals surface area contributed by atoms with Crippen molar-refractivity contribution in [2.75, 3.05) is 39.8 Å². The molecule has 1 heterocycles. The Balaban J connectivity index is 1.35. The van der Waals surface area contributed by atoms with Gasteiger partial charge >= 0.3 is 5.97 Å². The lowest BCUT2D eigenvalue weighted by Gasteiger charge is -2.38. The van der Waals surface area contributed by atoms with E-state index in [9.17, 15) is 9.59 Å². The van der Waals surface area contributed by atoms with E-state index in [1.807, 2.05) is 36.4 Å².